The summed E-state index contributed by atoms with van der Waals surface area (Å²) in [5.74, 6) is 1.72. The molecule has 0 N–H and O–H groups in total. The molecule has 0 bridgehead atoms. The Labute approximate surface area is 91.5 Å². The molecule has 85 valence electrons. The first-order chi connectivity index (χ1) is 6.19. The molecule has 0 fully saturated rings. The molecule has 0 heteroatoms. The Hall–Kier alpha value is 0. The third-order valence-corrected chi connectivity index (χ3v) is 2.84. The zero-order valence-corrected chi connectivity index (χ0v) is 11.3. The molecule has 0 rings (SSSR count). The van der Waals surface area contributed by atoms with Gasteiger partial charge >= 0.3 is 0 Å². The van der Waals surface area contributed by atoms with E-state index in [-0.39, 0.29) is 0 Å². The van der Waals surface area contributed by atoms with Gasteiger partial charge in [-0.05, 0) is 23.2 Å². The summed E-state index contributed by atoms with van der Waals surface area (Å²) >= 11 is 0. The second-order valence-electron chi connectivity index (χ2n) is 6.44. The van der Waals surface area contributed by atoms with Gasteiger partial charge in [0.2, 0.25) is 0 Å². The quantitative estimate of drug-likeness (QED) is 0.541. The highest BCUT2D eigenvalue weighted by Crippen LogP contribution is 2.44. The minimum absolute atomic E-state index is 0.367. The molecule has 0 aromatic heterocycles. The van der Waals surface area contributed by atoms with E-state index >= 15 is 0 Å². The van der Waals surface area contributed by atoms with Crippen molar-refractivity contribution < 1.29 is 0 Å². The van der Waals surface area contributed by atoms with E-state index in [1.165, 1.54) is 25.7 Å². The van der Waals surface area contributed by atoms with Gasteiger partial charge in [-0.2, -0.15) is 0 Å². The Morgan fingerprint density at radius 1 is 0.786 bits per heavy atom. The maximum atomic E-state index is 2.35. The number of rotatable bonds is 4. The lowest BCUT2D eigenvalue weighted by Gasteiger charge is -2.40. The summed E-state index contributed by atoms with van der Waals surface area (Å²) in [6.45, 7) is 16.4. The van der Waals surface area contributed by atoms with E-state index in [1.807, 2.05) is 0 Å². The van der Waals surface area contributed by atoms with Crippen molar-refractivity contribution in [2.24, 2.45) is 10.8 Å². The van der Waals surface area contributed by atoms with Crippen LogP contribution >= 0.6 is 0 Å². The van der Waals surface area contributed by atoms with Crippen molar-refractivity contribution in [3.05, 3.63) is 5.92 Å². The summed E-state index contributed by atoms with van der Waals surface area (Å²) in [7, 11) is 0. The second kappa shape index (κ2) is 5.19. The molecule has 0 aliphatic rings. The number of hydrogen-bond donors (Lipinski definition) is 0. The lowest BCUT2D eigenvalue weighted by molar-refractivity contribution is 0.258. The van der Waals surface area contributed by atoms with E-state index < -0.39 is 0 Å². The Balaban J connectivity index is 4.28. The van der Waals surface area contributed by atoms with E-state index in [4.69, 9.17) is 0 Å². The molecule has 0 aromatic rings. The topological polar surface area (TPSA) is 0 Å². The van der Waals surface area contributed by atoms with E-state index in [0.717, 1.165) is 0 Å². The smallest absolute Gasteiger partial charge is 0.0134 e. The van der Waals surface area contributed by atoms with Crippen molar-refractivity contribution in [2.75, 3.05) is 0 Å². The predicted octanol–water partition coefficient (Wildman–Crippen LogP) is 5.23. The molecule has 0 aliphatic carbocycles. The SMILES string of the molecule is CCCCC[C](C(C)(C)C)C(C)(C)C. The summed E-state index contributed by atoms with van der Waals surface area (Å²) in [5.41, 5.74) is 0.734. The summed E-state index contributed by atoms with van der Waals surface area (Å²) in [4.78, 5) is 0. The third kappa shape index (κ3) is 5.02. The molecule has 0 unspecified atom stereocenters. The first kappa shape index (κ1) is 14.0. The maximum Gasteiger partial charge on any atom is -0.0134 e. The van der Waals surface area contributed by atoms with Gasteiger partial charge in [0, 0.05) is 0 Å². The van der Waals surface area contributed by atoms with Gasteiger partial charge in [0.15, 0.2) is 0 Å². The molecule has 0 nitrogen and oxygen atoms in total. The van der Waals surface area contributed by atoms with Crippen LogP contribution in [0.4, 0.5) is 0 Å². The Bertz CT molecular complexity index is 128. The van der Waals surface area contributed by atoms with Crippen LogP contribution in [0.5, 0.6) is 0 Å². The standard InChI is InChI=1S/C14H29/c1-8-9-10-11-12(13(2,3)4)14(5,6)7/h8-11H2,1-7H3. The minimum Gasteiger partial charge on any atom is -0.0654 e. The molecule has 0 atom stereocenters. The molecular weight excluding hydrogens is 168 g/mol. The highest BCUT2D eigenvalue weighted by atomic mass is 14.4. The normalized spacial score (nSPS) is 13.7. The van der Waals surface area contributed by atoms with Crippen molar-refractivity contribution in [3.63, 3.8) is 0 Å². The largest absolute Gasteiger partial charge is 0.0654 e. The van der Waals surface area contributed by atoms with Gasteiger partial charge in [0.1, 0.15) is 0 Å². The average molecular weight is 197 g/mol. The molecule has 14 heavy (non-hydrogen) atoms. The molecule has 0 heterocycles. The van der Waals surface area contributed by atoms with E-state index in [1.54, 1.807) is 5.92 Å². The van der Waals surface area contributed by atoms with E-state index in [2.05, 4.69) is 48.5 Å². The number of unbranched alkanes of at least 4 members (excludes halogenated alkanes) is 2. The van der Waals surface area contributed by atoms with E-state index in [9.17, 15) is 0 Å². The molecule has 0 aliphatic heterocycles. The van der Waals surface area contributed by atoms with Gasteiger partial charge in [-0.3, -0.25) is 0 Å². The first-order valence-electron chi connectivity index (χ1n) is 6.06. The van der Waals surface area contributed by atoms with Crippen LogP contribution < -0.4 is 0 Å². The van der Waals surface area contributed by atoms with Gasteiger partial charge in [-0.25, -0.2) is 0 Å². The van der Waals surface area contributed by atoms with Crippen LogP contribution in [0, 0.1) is 16.7 Å². The van der Waals surface area contributed by atoms with Gasteiger partial charge in [-0.15, -0.1) is 0 Å². The van der Waals surface area contributed by atoms with Gasteiger partial charge < -0.3 is 0 Å². The molecule has 0 amide bonds. The molecule has 0 saturated carbocycles. The van der Waals surface area contributed by atoms with Crippen molar-refractivity contribution in [1.29, 1.82) is 0 Å². The molecule has 0 spiro atoms. The van der Waals surface area contributed by atoms with E-state index in [0.29, 0.717) is 10.8 Å². The molecule has 0 saturated heterocycles. The van der Waals surface area contributed by atoms with Crippen molar-refractivity contribution >= 4 is 0 Å². The zero-order chi connectivity index (χ0) is 11.4. The maximum absolute atomic E-state index is 2.35. The van der Waals surface area contributed by atoms with Crippen LogP contribution in [0.1, 0.15) is 74.1 Å². The fraction of sp³-hybridized carbons (Fsp3) is 0.929. The summed E-state index contributed by atoms with van der Waals surface area (Å²) < 4.78 is 0. The van der Waals surface area contributed by atoms with Crippen molar-refractivity contribution in [1.82, 2.24) is 0 Å². The Morgan fingerprint density at radius 3 is 1.50 bits per heavy atom. The Kier molecular flexibility index (Phi) is 5.19. The fourth-order valence-corrected chi connectivity index (χ4v) is 2.43. The summed E-state index contributed by atoms with van der Waals surface area (Å²) in [5, 5.41) is 0. The van der Waals surface area contributed by atoms with Crippen LogP contribution in [0.2, 0.25) is 0 Å². The number of hydrogen-bond acceptors (Lipinski definition) is 0. The third-order valence-electron chi connectivity index (χ3n) is 2.84. The minimum atomic E-state index is 0.367. The second-order valence-corrected chi connectivity index (χ2v) is 6.44. The molecule has 0 aromatic carbocycles. The lowest BCUT2D eigenvalue weighted by atomic mass is 9.65. The van der Waals surface area contributed by atoms with Gasteiger partial charge in [0.05, 0.1) is 0 Å². The molecule has 1 radical (unpaired) electrons. The Morgan fingerprint density at radius 2 is 1.21 bits per heavy atom. The summed E-state index contributed by atoms with van der Waals surface area (Å²) in [6, 6.07) is 0. The van der Waals surface area contributed by atoms with Crippen molar-refractivity contribution in [2.45, 2.75) is 74.1 Å². The lowest BCUT2D eigenvalue weighted by Crippen LogP contribution is -2.30. The monoisotopic (exact) mass is 197 g/mol. The highest BCUT2D eigenvalue weighted by Gasteiger charge is 2.34. The van der Waals surface area contributed by atoms with Crippen molar-refractivity contribution in [3.8, 4) is 0 Å². The van der Waals surface area contributed by atoms with Crippen LogP contribution in [0.25, 0.3) is 0 Å². The van der Waals surface area contributed by atoms with Crippen LogP contribution in [-0.4, -0.2) is 0 Å². The van der Waals surface area contributed by atoms with Crippen LogP contribution in [-0.2, 0) is 0 Å². The summed E-state index contributed by atoms with van der Waals surface area (Å²) in [6.07, 6.45) is 5.36. The zero-order valence-electron chi connectivity index (χ0n) is 11.3. The highest BCUT2D eigenvalue weighted by molar-refractivity contribution is 5.08. The first-order valence-corrected chi connectivity index (χ1v) is 6.06. The van der Waals surface area contributed by atoms with Gasteiger partial charge in [0.25, 0.3) is 0 Å². The van der Waals surface area contributed by atoms with Crippen LogP contribution in [0.15, 0.2) is 0 Å². The molecular formula is C14H29. The fourth-order valence-electron chi connectivity index (χ4n) is 2.43. The van der Waals surface area contributed by atoms with Crippen LogP contribution in [0.3, 0.4) is 0 Å². The van der Waals surface area contributed by atoms with Gasteiger partial charge in [-0.1, -0.05) is 67.7 Å². The predicted molar refractivity (Wildman–Crippen MR) is 66.3 cm³/mol. The average Bonchev–Trinajstić information content (AvgIpc) is 1.92.